The minimum absolute atomic E-state index is 0.0134. The standard InChI is InChI=1S/C14H12N2O3/c15-14(17)9-10-5-1-2-6-11(10)12-7-3-4-8-13(12)16(18)19/h1-8H,9H2,(H2,15,17). The van der Waals surface area contributed by atoms with Gasteiger partial charge in [-0.15, -0.1) is 0 Å². The number of hydrogen-bond acceptors (Lipinski definition) is 3. The van der Waals surface area contributed by atoms with Crippen LogP contribution in [0.15, 0.2) is 48.5 Å². The monoisotopic (exact) mass is 256 g/mol. The lowest BCUT2D eigenvalue weighted by atomic mass is 9.96. The average molecular weight is 256 g/mol. The Hall–Kier alpha value is -2.69. The van der Waals surface area contributed by atoms with Gasteiger partial charge in [0.25, 0.3) is 5.69 Å². The highest BCUT2D eigenvalue weighted by molar-refractivity contribution is 5.82. The van der Waals surface area contributed by atoms with Gasteiger partial charge in [0.1, 0.15) is 0 Å². The number of carbonyl (C=O) groups is 1. The smallest absolute Gasteiger partial charge is 0.277 e. The lowest BCUT2D eigenvalue weighted by molar-refractivity contribution is -0.384. The zero-order valence-electron chi connectivity index (χ0n) is 10.1. The van der Waals surface area contributed by atoms with Crippen molar-refractivity contribution in [1.82, 2.24) is 0 Å². The van der Waals surface area contributed by atoms with Gasteiger partial charge in [-0.05, 0) is 17.2 Å². The van der Waals surface area contributed by atoms with Crippen LogP contribution in [0.4, 0.5) is 5.69 Å². The first-order valence-electron chi connectivity index (χ1n) is 5.69. The van der Waals surface area contributed by atoms with E-state index in [2.05, 4.69) is 0 Å². The van der Waals surface area contributed by atoms with Gasteiger partial charge in [0.05, 0.1) is 16.9 Å². The molecule has 0 atom stereocenters. The van der Waals surface area contributed by atoms with E-state index in [1.165, 1.54) is 6.07 Å². The Bertz CT molecular complexity index is 638. The first-order valence-corrected chi connectivity index (χ1v) is 5.69. The second-order valence-electron chi connectivity index (χ2n) is 4.07. The molecule has 0 aromatic heterocycles. The summed E-state index contributed by atoms with van der Waals surface area (Å²) in [5, 5.41) is 11.0. The van der Waals surface area contributed by atoms with E-state index in [0.717, 1.165) is 0 Å². The second kappa shape index (κ2) is 5.30. The maximum Gasteiger partial charge on any atom is 0.277 e. The number of hydrogen-bond donors (Lipinski definition) is 1. The van der Waals surface area contributed by atoms with E-state index in [4.69, 9.17) is 5.73 Å². The number of benzene rings is 2. The molecule has 1 amide bonds. The minimum atomic E-state index is -0.467. The predicted octanol–water partition coefficient (Wildman–Crippen LogP) is 2.29. The largest absolute Gasteiger partial charge is 0.369 e. The molecule has 2 rings (SSSR count). The van der Waals surface area contributed by atoms with E-state index in [-0.39, 0.29) is 12.1 Å². The van der Waals surface area contributed by atoms with E-state index < -0.39 is 10.8 Å². The lowest BCUT2D eigenvalue weighted by Crippen LogP contribution is -2.14. The molecule has 2 aromatic carbocycles. The Morgan fingerprint density at radius 1 is 1.05 bits per heavy atom. The fraction of sp³-hybridized carbons (Fsp3) is 0.0714. The molecular formula is C14H12N2O3. The topological polar surface area (TPSA) is 86.2 Å². The molecule has 5 heteroatoms. The molecule has 0 saturated heterocycles. The number of carbonyl (C=O) groups excluding carboxylic acids is 1. The van der Waals surface area contributed by atoms with Crippen LogP contribution in [0, 0.1) is 10.1 Å². The van der Waals surface area contributed by atoms with Gasteiger partial charge in [0.2, 0.25) is 5.91 Å². The van der Waals surface area contributed by atoms with Gasteiger partial charge in [0.15, 0.2) is 0 Å². The van der Waals surface area contributed by atoms with Crippen LogP contribution in [-0.2, 0) is 11.2 Å². The van der Waals surface area contributed by atoms with Crippen LogP contribution < -0.4 is 5.73 Å². The van der Waals surface area contributed by atoms with Gasteiger partial charge in [-0.25, -0.2) is 0 Å². The molecule has 5 nitrogen and oxygen atoms in total. The van der Waals surface area contributed by atoms with Crippen molar-refractivity contribution in [3.05, 3.63) is 64.2 Å². The van der Waals surface area contributed by atoms with Crippen molar-refractivity contribution in [2.24, 2.45) is 5.73 Å². The second-order valence-corrected chi connectivity index (χ2v) is 4.07. The van der Waals surface area contributed by atoms with Crippen molar-refractivity contribution >= 4 is 11.6 Å². The number of rotatable bonds is 4. The molecule has 0 bridgehead atoms. The molecular weight excluding hydrogens is 244 g/mol. The van der Waals surface area contributed by atoms with E-state index in [1.807, 2.05) is 0 Å². The van der Waals surface area contributed by atoms with E-state index >= 15 is 0 Å². The fourth-order valence-electron chi connectivity index (χ4n) is 1.99. The highest BCUT2D eigenvalue weighted by Gasteiger charge is 2.16. The predicted molar refractivity (Wildman–Crippen MR) is 71.4 cm³/mol. The highest BCUT2D eigenvalue weighted by Crippen LogP contribution is 2.31. The third-order valence-corrected chi connectivity index (χ3v) is 2.77. The van der Waals surface area contributed by atoms with Gasteiger partial charge in [0, 0.05) is 6.07 Å². The highest BCUT2D eigenvalue weighted by atomic mass is 16.6. The quantitative estimate of drug-likeness (QED) is 0.672. The van der Waals surface area contributed by atoms with E-state index in [9.17, 15) is 14.9 Å². The number of primary amides is 1. The SMILES string of the molecule is NC(=O)Cc1ccccc1-c1ccccc1[N+](=O)[O-]. The number of nitrogens with zero attached hydrogens (tertiary/aromatic N) is 1. The van der Waals surface area contributed by atoms with Crippen LogP contribution in [-0.4, -0.2) is 10.8 Å². The maximum atomic E-state index is 11.1. The summed E-state index contributed by atoms with van der Waals surface area (Å²) >= 11 is 0. The summed E-state index contributed by atoms with van der Waals surface area (Å²) in [6.45, 7) is 0. The molecule has 0 aliphatic heterocycles. The average Bonchev–Trinajstić information content (AvgIpc) is 2.38. The summed E-state index contributed by atoms with van der Waals surface area (Å²) in [5.41, 5.74) is 7.05. The van der Waals surface area contributed by atoms with Gasteiger partial charge in [-0.1, -0.05) is 36.4 Å². The van der Waals surface area contributed by atoms with Crippen LogP contribution in [0.3, 0.4) is 0 Å². The summed E-state index contributed by atoms with van der Waals surface area (Å²) in [4.78, 5) is 21.7. The summed E-state index contributed by atoms with van der Waals surface area (Å²) in [6.07, 6.45) is 0.0578. The van der Waals surface area contributed by atoms with Crippen LogP contribution in [0.1, 0.15) is 5.56 Å². The van der Waals surface area contributed by atoms with Gasteiger partial charge < -0.3 is 5.73 Å². The number of amides is 1. The normalized spacial score (nSPS) is 10.1. The summed E-state index contributed by atoms with van der Waals surface area (Å²) in [7, 11) is 0. The van der Waals surface area contributed by atoms with Gasteiger partial charge >= 0.3 is 0 Å². The molecule has 0 saturated carbocycles. The Balaban J connectivity index is 2.59. The van der Waals surface area contributed by atoms with E-state index in [1.54, 1.807) is 42.5 Å². The summed E-state index contributed by atoms with van der Waals surface area (Å²) in [5.74, 6) is -0.467. The zero-order chi connectivity index (χ0) is 13.8. The Kier molecular flexibility index (Phi) is 3.56. The molecule has 0 unspecified atom stereocenters. The number of nitrogens with two attached hydrogens (primary N) is 1. The number of nitro benzene ring substituents is 1. The molecule has 19 heavy (non-hydrogen) atoms. The van der Waals surface area contributed by atoms with Crippen molar-refractivity contribution in [1.29, 1.82) is 0 Å². The molecule has 0 radical (unpaired) electrons. The van der Waals surface area contributed by atoms with E-state index in [0.29, 0.717) is 16.7 Å². The summed E-state index contributed by atoms with van der Waals surface area (Å²) < 4.78 is 0. The third-order valence-electron chi connectivity index (χ3n) is 2.77. The molecule has 0 aliphatic carbocycles. The van der Waals surface area contributed by atoms with Gasteiger partial charge in [-0.3, -0.25) is 14.9 Å². The molecule has 96 valence electrons. The van der Waals surface area contributed by atoms with Crippen LogP contribution in [0.5, 0.6) is 0 Å². The molecule has 2 aromatic rings. The number of nitro groups is 1. The van der Waals surface area contributed by atoms with Crippen LogP contribution in [0.25, 0.3) is 11.1 Å². The number of para-hydroxylation sites is 1. The van der Waals surface area contributed by atoms with Gasteiger partial charge in [-0.2, -0.15) is 0 Å². The van der Waals surface area contributed by atoms with Crippen molar-refractivity contribution in [2.75, 3.05) is 0 Å². The Labute approximate surface area is 109 Å². The summed E-state index contributed by atoms with van der Waals surface area (Å²) in [6, 6.07) is 13.5. The van der Waals surface area contributed by atoms with Crippen molar-refractivity contribution in [3.8, 4) is 11.1 Å². The molecule has 0 spiro atoms. The maximum absolute atomic E-state index is 11.1. The Morgan fingerprint density at radius 3 is 2.26 bits per heavy atom. The Morgan fingerprint density at radius 2 is 1.63 bits per heavy atom. The van der Waals surface area contributed by atoms with Crippen LogP contribution >= 0.6 is 0 Å². The first-order chi connectivity index (χ1) is 9.09. The lowest BCUT2D eigenvalue weighted by Gasteiger charge is -2.08. The molecule has 0 fully saturated rings. The zero-order valence-corrected chi connectivity index (χ0v) is 10.1. The molecule has 2 N–H and O–H groups in total. The van der Waals surface area contributed by atoms with Crippen molar-refractivity contribution in [3.63, 3.8) is 0 Å². The molecule has 0 heterocycles. The molecule has 0 aliphatic rings. The fourth-order valence-corrected chi connectivity index (χ4v) is 1.99. The minimum Gasteiger partial charge on any atom is -0.369 e. The van der Waals surface area contributed by atoms with Crippen molar-refractivity contribution < 1.29 is 9.72 Å². The first kappa shape index (κ1) is 12.8. The van der Waals surface area contributed by atoms with Crippen LogP contribution in [0.2, 0.25) is 0 Å². The van der Waals surface area contributed by atoms with Crippen molar-refractivity contribution in [2.45, 2.75) is 6.42 Å². The third kappa shape index (κ3) is 2.77.